The molecule has 0 spiro atoms. The molecular weight excluding hydrogens is 344 g/mol. The third-order valence-corrected chi connectivity index (χ3v) is 4.14. The average Bonchev–Trinajstić information content (AvgIpc) is 3.34. The normalized spacial score (nSPS) is 12.3. The van der Waals surface area contributed by atoms with Crippen LogP contribution in [0.3, 0.4) is 0 Å². The average molecular weight is 368 g/mol. The molecule has 0 fully saturated rings. The van der Waals surface area contributed by atoms with E-state index in [9.17, 15) is 4.79 Å². The van der Waals surface area contributed by atoms with Crippen LogP contribution in [0.1, 0.15) is 37.8 Å². The number of nitrogens with zero attached hydrogens (tertiary/aromatic N) is 3. The standard InChI is InChI=1S/C20H24N4O3/c1-3-11-24(13-18(25)21-15(2)16-8-5-4-6-9-16)14-19-22-23-20(27-19)17-10-7-12-26-17/h4-10,12,15H,3,11,13-14H2,1-2H3,(H,21,25)/t15-/m0/s1. The highest BCUT2D eigenvalue weighted by molar-refractivity contribution is 5.78. The van der Waals surface area contributed by atoms with Gasteiger partial charge in [0.2, 0.25) is 11.8 Å². The summed E-state index contributed by atoms with van der Waals surface area (Å²) in [5.41, 5.74) is 1.08. The summed E-state index contributed by atoms with van der Waals surface area (Å²) in [6, 6.07) is 13.4. The third-order valence-electron chi connectivity index (χ3n) is 4.14. The Balaban J connectivity index is 1.58. The maximum atomic E-state index is 12.5. The van der Waals surface area contributed by atoms with Crippen molar-refractivity contribution >= 4 is 5.91 Å². The van der Waals surface area contributed by atoms with Gasteiger partial charge in [-0.2, -0.15) is 0 Å². The highest BCUT2D eigenvalue weighted by atomic mass is 16.4. The molecule has 27 heavy (non-hydrogen) atoms. The second-order valence-corrected chi connectivity index (χ2v) is 6.39. The Hall–Kier alpha value is -2.93. The molecule has 7 heteroatoms. The van der Waals surface area contributed by atoms with E-state index in [1.165, 1.54) is 0 Å². The van der Waals surface area contributed by atoms with Crippen LogP contribution in [0.5, 0.6) is 0 Å². The van der Waals surface area contributed by atoms with Crippen molar-refractivity contribution in [2.45, 2.75) is 32.9 Å². The summed E-state index contributed by atoms with van der Waals surface area (Å²) in [6.45, 7) is 5.48. The Bertz CT molecular complexity index is 830. The molecule has 1 atom stereocenters. The highest BCUT2D eigenvalue weighted by Crippen LogP contribution is 2.18. The molecule has 3 aromatic rings. The van der Waals surface area contributed by atoms with E-state index in [0.29, 0.717) is 24.1 Å². The molecule has 1 amide bonds. The minimum atomic E-state index is -0.0452. The molecule has 0 aliphatic heterocycles. The second-order valence-electron chi connectivity index (χ2n) is 6.39. The van der Waals surface area contributed by atoms with Gasteiger partial charge in [0, 0.05) is 0 Å². The first-order valence-corrected chi connectivity index (χ1v) is 9.08. The largest absolute Gasteiger partial charge is 0.459 e. The minimum absolute atomic E-state index is 0.0365. The quantitative estimate of drug-likeness (QED) is 0.623. The second kappa shape index (κ2) is 9.14. The molecule has 0 aliphatic carbocycles. The van der Waals surface area contributed by atoms with Crippen LogP contribution in [0.2, 0.25) is 0 Å². The Morgan fingerprint density at radius 3 is 2.70 bits per heavy atom. The SMILES string of the molecule is CCCN(CC(=O)N[C@@H](C)c1ccccc1)Cc1nnc(-c2ccco2)o1. The maximum Gasteiger partial charge on any atom is 0.283 e. The molecular formula is C20H24N4O3. The van der Waals surface area contributed by atoms with Crippen molar-refractivity contribution in [3.8, 4) is 11.7 Å². The van der Waals surface area contributed by atoms with E-state index in [2.05, 4.69) is 22.4 Å². The lowest BCUT2D eigenvalue weighted by atomic mass is 10.1. The predicted molar refractivity (Wildman–Crippen MR) is 101 cm³/mol. The third kappa shape index (κ3) is 5.27. The van der Waals surface area contributed by atoms with Crippen LogP contribution in [0.15, 0.2) is 57.6 Å². The van der Waals surface area contributed by atoms with Gasteiger partial charge in [-0.05, 0) is 37.6 Å². The molecule has 1 N–H and O–H groups in total. The number of amides is 1. The van der Waals surface area contributed by atoms with Crippen LogP contribution in [0.4, 0.5) is 0 Å². The zero-order valence-corrected chi connectivity index (χ0v) is 15.6. The van der Waals surface area contributed by atoms with Crippen LogP contribution in [-0.2, 0) is 11.3 Å². The number of nitrogens with one attached hydrogen (secondary N) is 1. The Morgan fingerprint density at radius 2 is 2.00 bits per heavy atom. The van der Waals surface area contributed by atoms with Crippen LogP contribution < -0.4 is 5.32 Å². The van der Waals surface area contributed by atoms with E-state index in [1.807, 2.05) is 42.2 Å². The Labute approximate surface area is 158 Å². The predicted octanol–water partition coefficient (Wildman–Crippen LogP) is 3.42. The van der Waals surface area contributed by atoms with Gasteiger partial charge in [0.1, 0.15) is 0 Å². The van der Waals surface area contributed by atoms with E-state index >= 15 is 0 Å². The molecule has 0 unspecified atom stereocenters. The number of hydrogen-bond acceptors (Lipinski definition) is 6. The lowest BCUT2D eigenvalue weighted by molar-refractivity contribution is -0.123. The van der Waals surface area contributed by atoms with Gasteiger partial charge in [-0.25, -0.2) is 0 Å². The fourth-order valence-electron chi connectivity index (χ4n) is 2.85. The van der Waals surface area contributed by atoms with E-state index in [0.717, 1.165) is 18.5 Å². The first-order chi connectivity index (χ1) is 13.2. The number of aromatic nitrogens is 2. The maximum absolute atomic E-state index is 12.5. The number of hydrogen-bond donors (Lipinski definition) is 1. The molecule has 0 aliphatic rings. The highest BCUT2D eigenvalue weighted by Gasteiger charge is 2.17. The minimum Gasteiger partial charge on any atom is -0.459 e. The number of rotatable bonds is 9. The van der Waals surface area contributed by atoms with Gasteiger partial charge in [0.05, 0.1) is 25.4 Å². The van der Waals surface area contributed by atoms with Gasteiger partial charge in [-0.1, -0.05) is 37.3 Å². The summed E-state index contributed by atoms with van der Waals surface area (Å²) < 4.78 is 10.9. The van der Waals surface area contributed by atoms with Gasteiger partial charge in [0.15, 0.2) is 5.76 Å². The molecule has 0 bridgehead atoms. The fraction of sp³-hybridized carbons (Fsp3) is 0.350. The summed E-state index contributed by atoms with van der Waals surface area (Å²) >= 11 is 0. The van der Waals surface area contributed by atoms with Crippen molar-refractivity contribution in [1.29, 1.82) is 0 Å². The molecule has 7 nitrogen and oxygen atoms in total. The van der Waals surface area contributed by atoms with Gasteiger partial charge in [-0.15, -0.1) is 10.2 Å². The summed E-state index contributed by atoms with van der Waals surface area (Å²) in [5.74, 6) is 1.29. The number of carbonyl (C=O) groups is 1. The van der Waals surface area contributed by atoms with Crippen LogP contribution in [-0.4, -0.2) is 34.1 Å². The summed E-state index contributed by atoms with van der Waals surface area (Å²) in [4.78, 5) is 14.5. The number of carbonyl (C=O) groups excluding carboxylic acids is 1. The smallest absolute Gasteiger partial charge is 0.283 e. The van der Waals surface area contributed by atoms with Gasteiger partial charge in [-0.3, -0.25) is 9.69 Å². The molecule has 2 heterocycles. The summed E-state index contributed by atoms with van der Waals surface area (Å²) in [6.07, 6.45) is 2.47. The van der Waals surface area contributed by atoms with Crippen molar-refractivity contribution in [3.05, 3.63) is 60.2 Å². The van der Waals surface area contributed by atoms with Gasteiger partial charge >= 0.3 is 0 Å². The lowest BCUT2D eigenvalue weighted by Crippen LogP contribution is -2.38. The topological polar surface area (TPSA) is 84.4 Å². The Kier molecular flexibility index (Phi) is 6.38. The summed E-state index contributed by atoms with van der Waals surface area (Å²) in [5, 5.41) is 11.1. The van der Waals surface area contributed by atoms with Crippen LogP contribution in [0, 0.1) is 0 Å². The zero-order valence-electron chi connectivity index (χ0n) is 15.6. The van der Waals surface area contributed by atoms with Gasteiger partial charge in [0.25, 0.3) is 5.89 Å². The van der Waals surface area contributed by atoms with Crippen molar-refractivity contribution in [3.63, 3.8) is 0 Å². The molecule has 0 saturated heterocycles. The number of benzene rings is 1. The molecule has 1 aromatic carbocycles. The van der Waals surface area contributed by atoms with E-state index in [1.54, 1.807) is 18.4 Å². The van der Waals surface area contributed by atoms with Gasteiger partial charge < -0.3 is 14.2 Å². The molecule has 3 rings (SSSR count). The van der Waals surface area contributed by atoms with E-state index in [4.69, 9.17) is 8.83 Å². The molecule has 0 saturated carbocycles. The zero-order chi connectivity index (χ0) is 19.1. The first-order valence-electron chi connectivity index (χ1n) is 9.08. The molecule has 0 radical (unpaired) electrons. The van der Waals surface area contributed by atoms with Crippen molar-refractivity contribution in [2.24, 2.45) is 0 Å². The van der Waals surface area contributed by atoms with E-state index < -0.39 is 0 Å². The van der Waals surface area contributed by atoms with Crippen LogP contribution >= 0.6 is 0 Å². The van der Waals surface area contributed by atoms with Crippen molar-refractivity contribution < 1.29 is 13.6 Å². The van der Waals surface area contributed by atoms with Crippen molar-refractivity contribution in [1.82, 2.24) is 20.4 Å². The van der Waals surface area contributed by atoms with E-state index in [-0.39, 0.29) is 18.5 Å². The Morgan fingerprint density at radius 1 is 1.19 bits per heavy atom. The monoisotopic (exact) mass is 368 g/mol. The fourth-order valence-corrected chi connectivity index (χ4v) is 2.85. The molecule has 2 aromatic heterocycles. The number of furan rings is 1. The first kappa shape index (κ1) is 18.8. The van der Waals surface area contributed by atoms with Crippen molar-refractivity contribution in [2.75, 3.05) is 13.1 Å². The van der Waals surface area contributed by atoms with Crippen LogP contribution in [0.25, 0.3) is 11.7 Å². The molecule has 142 valence electrons. The summed E-state index contributed by atoms with van der Waals surface area (Å²) in [7, 11) is 0. The lowest BCUT2D eigenvalue weighted by Gasteiger charge is -2.21.